The molecule has 1 fully saturated rings. The molecular formula is C17H24N4O2. The van der Waals surface area contributed by atoms with Gasteiger partial charge in [-0.25, -0.2) is 0 Å². The number of carbonyl (C=O) groups excluding carboxylic acids is 1. The molecule has 0 bridgehead atoms. The minimum atomic E-state index is -0.129. The molecule has 1 aliphatic heterocycles. The van der Waals surface area contributed by atoms with Crippen LogP contribution < -0.4 is 5.32 Å². The van der Waals surface area contributed by atoms with Crippen molar-refractivity contribution in [3.05, 3.63) is 30.0 Å². The number of aromatic amines is 1. The van der Waals surface area contributed by atoms with Gasteiger partial charge in [-0.15, -0.1) is 0 Å². The summed E-state index contributed by atoms with van der Waals surface area (Å²) < 4.78 is 5.43. The first kappa shape index (κ1) is 16.0. The van der Waals surface area contributed by atoms with Crippen molar-refractivity contribution in [1.82, 2.24) is 20.4 Å². The Bertz CT molecular complexity index is 678. The van der Waals surface area contributed by atoms with Gasteiger partial charge >= 0.3 is 0 Å². The van der Waals surface area contributed by atoms with Gasteiger partial charge in [0.05, 0.1) is 18.7 Å². The zero-order chi connectivity index (χ0) is 16.3. The van der Waals surface area contributed by atoms with E-state index in [4.69, 9.17) is 4.74 Å². The Kier molecular flexibility index (Phi) is 4.63. The van der Waals surface area contributed by atoms with Crippen LogP contribution in [-0.2, 0) is 4.74 Å². The second kappa shape index (κ2) is 6.68. The number of amides is 1. The molecule has 3 rings (SSSR count). The quantitative estimate of drug-likeness (QED) is 0.882. The predicted octanol–water partition coefficient (Wildman–Crippen LogP) is 1.79. The van der Waals surface area contributed by atoms with E-state index in [0.29, 0.717) is 12.2 Å². The number of rotatable bonds is 5. The summed E-state index contributed by atoms with van der Waals surface area (Å²) in [5.74, 6) is -0.129. The lowest BCUT2D eigenvalue weighted by Gasteiger charge is -2.43. The molecule has 1 saturated heterocycles. The Balaban J connectivity index is 1.69. The topological polar surface area (TPSA) is 70.2 Å². The van der Waals surface area contributed by atoms with Gasteiger partial charge in [-0.05, 0) is 19.4 Å². The molecule has 1 unspecified atom stereocenters. The lowest BCUT2D eigenvalue weighted by atomic mass is 9.95. The fourth-order valence-corrected chi connectivity index (χ4v) is 3.05. The number of carbonyl (C=O) groups is 1. The molecule has 6 nitrogen and oxygen atoms in total. The van der Waals surface area contributed by atoms with Crippen LogP contribution in [-0.4, -0.2) is 59.4 Å². The van der Waals surface area contributed by atoms with Gasteiger partial charge in [0.15, 0.2) is 5.69 Å². The largest absolute Gasteiger partial charge is 0.379 e. The van der Waals surface area contributed by atoms with Gasteiger partial charge in [0.1, 0.15) is 0 Å². The molecule has 1 atom stereocenters. The van der Waals surface area contributed by atoms with Crippen molar-refractivity contribution in [2.45, 2.75) is 25.8 Å². The average molecular weight is 316 g/mol. The van der Waals surface area contributed by atoms with Crippen molar-refractivity contribution in [3.63, 3.8) is 0 Å². The van der Waals surface area contributed by atoms with Crippen molar-refractivity contribution in [2.75, 3.05) is 32.8 Å². The average Bonchev–Trinajstić information content (AvgIpc) is 3.04. The molecule has 2 N–H and O–H groups in total. The number of fused-ring (bicyclic) bond motifs is 1. The van der Waals surface area contributed by atoms with Gasteiger partial charge in [0, 0.05) is 30.6 Å². The van der Waals surface area contributed by atoms with Crippen molar-refractivity contribution in [1.29, 1.82) is 0 Å². The maximum absolute atomic E-state index is 12.5. The zero-order valence-electron chi connectivity index (χ0n) is 13.8. The van der Waals surface area contributed by atoms with Gasteiger partial charge in [-0.3, -0.25) is 14.8 Å². The van der Waals surface area contributed by atoms with E-state index in [1.807, 2.05) is 24.3 Å². The molecule has 1 aromatic heterocycles. The van der Waals surface area contributed by atoms with E-state index >= 15 is 0 Å². The summed E-state index contributed by atoms with van der Waals surface area (Å²) in [6, 6.07) is 7.67. The van der Waals surface area contributed by atoms with Crippen molar-refractivity contribution >= 4 is 16.8 Å². The smallest absolute Gasteiger partial charge is 0.272 e. The third kappa shape index (κ3) is 3.23. The minimum absolute atomic E-state index is 0.0639. The predicted molar refractivity (Wildman–Crippen MR) is 89.5 cm³/mol. The van der Waals surface area contributed by atoms with E-state index in [2.05, 4.69) is 34.3 Å². The first-order valence-electron chi connectivity index (χ1n) is 8.18. The number of nitrogens with one attached hydrogen (secondary N) is 2. The molecule has 0 radical (unpaired) electrons. The number of aromatic nitrogens is 2. The van der Waals surface area contributed by atoms with E-state index in [1.54, 1.807) is 0 Å². The van der Waals surface area contributed by atoms with Crippen LogP contribution in [0.15, 0.2) is 24.3 Å². The number of benzene rings is 1. The fraction of sp³-hybridized carbons (Fsp3) is 0.529. The first-order valence-corrected chi connectivity index (χ1v) is 8.18. The third-order valence-electron chi connectivity index (χ3n) is 4.85. The summed E-state index contributed by atoms with van der Waals surface area (Å²) in [6.07, 6.45) is 0.967. The van der Waals surface area contributed by atoms with Crippen LogP contribution in [0.1, 0.15) is 30.8 Å². The number of hydrogen-bond acceptors (Lipinski definition) is 4. The van der Waals surface area contributed by atoms with Crippen LogP contribution in [0.2, 0.25) is 0 Å². The molecule has 2 aromatic rings. The standard InChI is InChI=1S/C17H24N4O2/c1-3-17(2,21-8-10-23-11-9-21)12-18-16(22)15-13-6-4-5-7-14(13)19-20-15/h4-7H,3,8-12H2,1-2H3,(H,18,22)(H,19,20). The highest BCUT2D eigenvalue weighted by Crippen LogP contribution is 2.21. The van der Waals surface area contributed by atoms with E-state index in [1.165, 1.54) is 0 Å². The van der Waals surface area contributed by atoms with Crippen molar-refractivity contribution < 1.29 is 9.53 Å². The number of para-hydroxylation sites is 1. The minimum Gasteiger partial charge on any atom is -0.379 e. The van der Waals surface area contributed by atoms with Crippen LogP contribution in [0.5, 0.6) is 0 Å². The summed E-state index contributed by atoms with van der Waals surface area (Å²) in [7, 11) is 0. The Hall–Kier alpha value is -1.92. The van der Waals surface area contributed by atoms with E-state index in [9.17, 15) is 4.79 Å². The summed E-state index contributed by atoms with van der Waals surface area (Å²) in [4.78, 5) is 14.9. The van der Waals surface area contributed by atoms with Crippen LogP contribution in [0, 0.1) is 0 Å². The van der Waals surface area contributed by atoms with Crippen LogP contribution in [0.25, 0.3) is 10.9 Å². The molecule has 23 heavy (non-hydrogen) atoms. The molecule has 0 spiro atoms. The molecule has 6 heteroatoms. The molecule has 1 aliphatic rings. The summed E-state index contributed by atoms with van der Waals surface area (Å²) >= 11 is 0. The molecular weight excluding hydrogens is 292 g/mol. The highest BCUT2D eigenvalue weighted by atomic mass is 16.5. The maximum atomic E-state index is 12.5. The number of morpholine rings is 1. The highest BCUT2D eigenvalue weighted by Gasteiger charge is 2.32. The lowest BCUT2D eigenvalue weighted by molar-refractivity contribution is -0.0169. The van der Waals surface area contributed by atoms with Gasteiger partial charge < -0.3 is 10.1 Å². The van der Waals surface area contributed by atoms with Gasteiger partial charge in [-0.2, -0.15) is 5.10 Å². The SMILES string of the molecule is CCC(C)(CNC(=O)c1n[nH]c2ccccc12)N1CCOCC1. The summed E-state index contributed by atoms with van der Waals surface area (Å²) in [6.45, 7) is 8.29. The maximum Gasteiger partial charge on any atom is 0.272 e. The number of ether oxygens (including phenoxy) is 1. The second-order valence-corrected chi connectivity index (χ2v) is 6.25. The highest BCUT2D eigenvalue weighted by molar-refractivity contribution is 6.04. The molecule has 124 valence electrons. The summed E-state index contributed by atoms with van der Waals surface area (Å²) in [5.41, 5.74) is 1.27. The molecule has 1 aromatic carbocycles. The molecule has 2 heterocycles. The Morgan fingerprint density at radius 2 is 2.13 bits per heavy atom. The molecule has 0 saturated carbocycles. The van der Waals surface area contributed by atoms with Crippen LogP contribution in [0.3, 0.4) is 0 Å². The lowest BCUT2D eigenvalue weighted by Crippen LogP contribution is -2.56. The first-order chi connectivity index (χ1) is 11.1. The number of H-pyrrole nitrogens is 1. The fourth-order valence-electron chi connectivity index (χ4n) is 3.05. The molecule has 1 amide bonds. The van der Waals surface area contributed by atoms with Crippen LogP contribution in [0.4, 0.5) is 0 Å². The second-order valence-electron chi connectivity index (χ2n) is 6.25. The van der Waals surface area contributed by atoms with E-state index in [0.717, 1.165) is 43.6 Å². The number of nitrogens with zero attached hydrogens (tertiary/aromatic N) is 2. The normalized spacial score (nSPS) is 18.7. The van der Waals surface area contributed by atoms with Crippen molar-refractivity contribution in [2.24, 2.45) is 0 Å². The molecule has 0 aliphatic carbocycles. The monoisotopic (exact) mass is 316 g/mol. The van der Waals surface area contributed by atoms with Gasteiger partial charge in [-0.1, -0.05) is 25.1 Å². The number of hydrogen-bond donors (Lipinski definition) is 2. The Morgan fingerprint density at radius 3 is 2.87 bits per heavy atom. The third-order valence-corrected chi connectivity index (χ3v) is 4.85. The Labute approximate surface area is 136 Å². The summed E-state index contributed by atoms with van der Waals surface area (Å²) in [5, 5.41) is 11.0. The van der Waals surface area contributed by atoms with Gasteiger partial charge in [0.25, 0.3) is 5.91 Å². The zero-order valence-corrected chi connectivity index (χ0v) is 13.8. The van der Waals surface area contributed by atoms with E-state index in [-0.39, 0.29) is 11.4 Å². The van der Waals surface area contributed by atoms with Gasteiger partial charge in [0.2, 0.25) is 0 Å². The van der Waals surface area contributed by atoms with E-state index < -0.39 is 0 Å². The van der Waals surface area contributed by atoms with Crippen molar-refractivity contribution in [3.8, 4) is 0 Å². The Morgan fingerprint density at radius 1 is 1.39 bits per heavy atom. The van der Waals surface area contributed by atoms with Crippen LogP contribution >= 0.6 is 0 Å².